The summed E-state index contributed by atoms with van der Waals surface area (Å²) >= 11 is 6.16. The Morgan fingerprint density at radius 3 is 2.33 bits per heavy atom. The summed E-state index contributed by atoms with van der Waals surface area (Å²) in [6.07, 6.45) is 0. The van der Waals surface area contributed by atoms with Gasteiger partial charge in [-0.3, -0.25) is 4.79 Å². The van der Waals surface area contributed by atoms with E-state index in [4.69, 9.17) is 25.8 Å². The molecule has 6 nitrogen and oxygen atoms in total. The van der Waals surface area contributed by atoms with Crippen molar-refractivity contribution >= 4 is 29.2 Å². The van der Waals surface area contributed by atoms with Crippen LogP contribution in [0.3, 0.4) is 0 Å². The zero-order valence-corrected chi connectivity index (χ0v) is 18.3. The van der Waals surface area contributed by atoms with Crippen molar-refractivity contribution in [3.05, 3.63) is 52.0 Å². The number of nitrogens with one attached hydrogen (secondary N) is 1. The summed E-state index contributed by atoms with van der Waals surface area (Å²) in [6, 6.07) is 8.93. The van der Waals surface area contributed by atoms with Crippen molar-refractivity contribution in [2.75, 3.05) is 25.1 Å². The fourth-order valence-corrected chi connectivity index (χ4v) is 3.58. The first-order valence-electron chi connectivity index (χ1n) is 9.96. The number of esters is 1. The van der Waals surface area contributed by atoms with Gasteiger partial charge < -0.3 is 19.5 Å². The minimum Gasteiger partial charge on any atom is -0.486 e. The molecule has 1 heterocycles. The standard InChI is InChI=1S/C23H26ClNO5/c1-13(2)16-6-5-7-17(14(3)4)21(16)25-20(26)12-30-23(27)15-10-18(24)22-19(11-15)28-8-9-29-22/h5-7,10-11,13-14H,8-9,12H2,1-4H3,(H,25,26). The molecular formula is C23H26ClNO5. The van der Waals surface area contributed by atoms with Gasteiger partial charge >= 0.3 is 5.97 Å². The Bertz CT molecular complexity index is 929. The SMILES string of the molecule is CC(C)c1cccc(C(C)C)c1NC(=O)COC(=O)c1cc(Cl)c2c(c1)OCCO2. The molecule has 2 aromatic carbocycles. The van der Waals surface area contributed by atoms with E-state index in [-0.39, 0.29) is 22.4 Å². The van der Waals surface area contributed by atoms with E-state index in [1.54, 1.807) is 0 Å². The zero-order valence-electron chi connectivity index (χ0n) is 17.6. The summed E-state index contributed by atoms with van der Waals surface area (Å²) in [7, 11) is 0. The van der Waals surface area contributed by atoms with Gasteiger partial charge in [-0.05, 0) is 35.1 Å². The van der Waals surface area contributed by atoms with Gasteiger partial charge in [-0.2, -0.15) is 0 Å². The first-order chi connectivity index (χ1) is 14.3. The lowest BCUT2D eigenvalue weighted by Crippen LogP contribution is -2.23. The van der Waals surface area contributed by atoms with Gasteiger partial charge in [-0.1, -0.05) is 57.5 Å². The van der Waals surface area contributed by atoms with Crippen molar-refractivity contribution in [2.45, 2.75) is 39.5 Å². The molecule has 0 spiro atoms. The van der Waals surface area contributed by atoms with Gasteiger partial charge in [0.2, 0.25) is 0 Å². The number of amides is 1. The number of hydrogen-bond donors (Lipinski definition) is 1. The average molecular weight is 432 g/mol. The van der Waals surface area contributed by atoms with Crippen LogP contribution in [0.25, 0.3) is 0 Å². The van der Waals surface area contributed by atoms with Crippen LogP contribution in [0.15, 0.2) is 30.3 Å². The monoisotopic (exact) mass is 431 g/mol. The minimum absolute atomic E-state index is 0.197. The van der Waals surface area contributed by atoms with Gasteiger partial charge in [-0.15, -0.1) is 0 Å². The van der Waals surface area contributed by atoms with E-state index in [9.17, 15) is 9.59 Å². The van der Waals surface area contributed by atoms with Crippen LogP contribution in [-0.2, 0) is 9.53 Å². The molecule has 0 fully saturated rings. The van der Waals surface area contributed by atoms with Crippen molar-refractivity contribution in [3.8, 4) is 11.5 Å². The Labute approximate surface area is 181 Å². The summed E-state index contributed by atoms with van der Waals surface area (Å²) in [5, 5.41) is 3.18. The Hall–Kier alpha value is -2.73. The third-order valence-corrected chi connectivity index (χ3v) is 5.08. The molecule has 0 aliphatic carbocycles. The second kappa shape index (κ2) is 9.39. The topological polar surface area (TPSA) is 73.9 Å². The van der Waals surface area contributed by atoms with E-state index in [2.05, 4.69) is 33.0 Å². The van der Waals surface area contributed by atoms with Gasteiger partial charge in [0.15, 0.2) is 18.1 Å². The summed E-state index contributed by atoms with van der Waals surface area (Å²) in [4.78, 5) is 25.0. The van der Waals surface area contributed by atoms with E-state index >= 15 is 0 Å². The number of rotatable bonds is 6. The molecule has 1 aliphatic rings. The van der Waals surface area contributed by atoms with Crippen LogP contribution >= 0.6 is 11.6 Å². The predicted molar refractivity (Wildman–Crippen MR) is 116 cm³/mol. The smallest absolute Gasteiger partial charge is 0.338 e. The second-order valence-corrected chi connectivity index (χ2v) is 8.13. The Balaban J connectivity index is 1.70. The fraction of sp³-hybridized carbons (Fsp3) is 0.391. The first-order valence-corrected chi connectivity index (χ1v) is 10.3. The number of benzene rings is 2. The van der Waals surface area contributed by atoms with Crippen LogP contribution in [0.4, 0.5) is 5.69 Å². The number of fused-ring (bicyclic) bond motifs is 1. The maximum absolute atomic E-state index is 12.5. The zero-order chi connectivity index (χ0) is 21.8. The lowest BCUT2D eigenvalue weighted by atomic mass is 9.92. The molecule has 0 unspecified atom stereocenters. The third-order valence-electron chi connectivity index (χ3n) is 4.80. The van der Waals surface area contributed by atoms with Crippen molar-refractivity contribution < 1.29 is 23.8 Å². The maximum Gasteiger partial charge on any atom is 0.338 e. The predicted octanol–water partition coefficient (Wildman–Crippen LogP) is 5.15. The maximum atomic E-state index is 12.5. The minimum atomic E-state index is -0.662. The van der Waals surface area contributed by atoms with Crippen molar-refractivity contribution in [2.24, 2.45) is 0 Å². The number of ether oxygens (including phenoxy) is 3. The van der Waals surface area contributed by atoms with Crippen molar-refractivity contribution in [1.82, 2.24) is 0 Å². The van der Waals surface area contributed by atoms with Crippen LogP contribution in [0.2, 0.25) is 5.02 Å². The summed E-state index contributed by atoms with van der Waals surface area (Å²) in [6.45, 7) is 8.64. The molecule has 160 valence electrons. The number of carbonyl (C=O) groups excluding carboxylic acids is 2. The highest BCUT2D eigenvalue weighted by Crippen LogP contribution is 2.38. The van der Waals surface area contributed by atoms with E-state index < -0.39 is 18.5 Å². The molecule has 0 atom stereocenters. The van der Waals surface area contributed by atoms with Crippen LogP contribution in [-0.4, -0.2) is 31.7 Å². The highest BCUT2D eigenvalue weighted by atomic mass is 35.5. The summed E-state index contributed by atoms with van der Waals surface area (Å²) < 4.78 is 16.1. The van der Waals surface area contributed by atoms with Crippen molar-refractivity contribution in [1.29, 1.82) is 0 Å². The van der Waals surface area contributed by atoms with E-state index in [1.807, 2.05) is 18.2 Å². The number of carbonyl (C=O) groups is 2. The highest BCUT2D eigenvalue weighted by Gasteiger charge is 2.21. The Morgan fingerprint density at radius 1 is 1.07 bits per heavy atom. The molecular weight excluding hydrogens is 406 g/mol. The lowest BCUT2D eigenvalue weighted by molar-refractivity contribution is -0.119. The largest absolute Gasteiger partial charge is 0.486 e. The van der Waals surface area contributed by atoms with Gasteiger partial charge in [0.05, 0.1) is 10.6 Å². The van der Waals surface area contributed by atoms with Gasteiger partial charge in [0.25, 0.3) is 5.91 Å². The molecule has 0 radical (unpaired) electrons. The Kier molecular flexibility index (Phi) is 6.87. The van der Waals surface area contributed by atoms with Gasteiger partial charge in [-0.25, -0.2) is 4.79 Å². The van der Waals surface area contributed by atoms with E-state index in [0.717, 1.165) is 16.8 Å². The molecule has 7 heteroatoms. The lowest BCUT2D eigenvalue weighted by Gasteiger charge is -2.20. The molecule has 2 aromatic rings. The molecule has 1 N–H and O–H groups in total. The molecule has 30 heavy (non-hydrogen) atoms. The highest BCUT2D eigenvalue weighted by molar-refractivity contribution is 6.32. The molecule has 0 bridgehead atoms. The van der Waals surface area contributed by atoms with Crippen molar-refractivity contribution in [3.63, 3.8) is 0 Å². The molecule has 0 saturated carbocycles. The third kappa shape index (κ3) is 4.87. The average Bonchev–Trinajstić information content (AvgIpc) is 2.71. The number of anilines is 1. The normalized spacial score (nSPS) is 12.8. The number of para-hydroxylation sites is 1. The van der Waals surface area contributed by atoms with Crippen LogP contribution in [0.5, 0.6) is 11.5 Å². The Morgan fingerprint density at radius 2 is 1.70 bits per heavy atom. The van der Waals surface area contributed by atoms with Crippen LogP contribution in [0, 0.1) is 0 Å². The number of halogens is 1. The van der Waals surface area contributed by atoms with Gasteiger partial charge in [0.1, 0.15) is 13.2 Å². The summed E-state index contributed by atoms with van der Waals surface area (Å²) in [5.41, 5.74) is 3.06. The van der Waals surface area contributed by atoms with Gasteiger partial charge in [0, 0.05) is 5.69 Å². The fourth-order valence-electron chi connectivity index (χ4n) is 3.31. The summed E-state index contributed by atoms with van der Waals surface area (Å²) in [5.74, 6) is 0.205. The molecule has 1 amide bonds. The van der Waals surface area contributed by atoms with Crippen LogP contribution in [0.1, 0.15) is 61.0 Å². The van der Waals surface area contributed by atoms with E-state index in [1.165, 1.54) is 12.1 Å². The van der Waals surface area contributed by atoms with Crippen LogP contribution < -0.4 is 14.8 Å². The molecule has 0 aromatic heterocycles. The first kappa shape index (κ1) is 22.0. The molecule has 3 rings (SSSR count). The second-order valence-electron chi connectivity index (χ2n) is 7.73. The quantitative estimate of drug-likeness (QED) is 0.640. The number of hydrogen-bond acceptors (Lipinski definition) is 5. The molecule has 1 aliphatic heterocycles. The van der Waals surface area contributed by atoms with E-state index in [0.29, 0.717) is 24.7 Å². The molecule has 0 saturated heterocycles.